The molecule has 0 spiro atoms. The number of hydrogen-bond donors (Lipinski definition) is 2. The molecular weight excluding hydrogens is 377 g/mol. The third-order valence-corrected chi connectivity index (χ3v) is 4.65. The Morgan fingerprint density at radius 2 is 2.00 bits per heavy atom. The van der Waals surface area contributed by atoms with Crippen LogP contribution in [-0.2, 0) is 12.7 Å². The smallest absolute Gasteiger partial charge is 0.368 e. The molecule has 0 radical (unpaired) electrons. The zero-order valence-corrected chi connectivity index (χ0v) is 15.0. The van der Waals surface area contributed by atoms with Crippen LogP contribution in [0.4, 0.5) is 19.0 Å². The summed E-state index contributed by atoms with van der Waals surface area (Å²) in [7, 11) is 0. The molecule has 9 heteroatoms. The fraction of sp³-hybridized carbons (Fsp3) is 0.222. The van der Waals surface area contributed by atoms with Crippen molar-refractivity contribution < 1.29 is 18.0 Å². The molecule has 0 saturated carbocycles. The highest BCUT2D eigenvalue weighted by Crippen LogP contribution is 2.33. The molecule has 0 atom stereocenters. The summed E-state index contributed by atoms with van der Waals surface area (Å²) in [6.45, 7) is 0.878. The number of rotatable bonds is 7. The van der Waals surface area contributed by atoms with E-state index in [1.165, 1.54) is 12.3 Å². The van der Waals surface area contributed by atoms with E-state index in [2.05, 4.69) is 15.6 Å². The normalized spacial score (nSPS) is 11.4. The van der Waals surface area contributed by atoms with Crippen LogP contribution in [0.3, 0.4) is 0 Å². The van der Waals surface area contributed by atoms with Gasteiger partial charge in [-0.15, -0.1) is 11.3 Å². The number of aromatic nitrogens is 2. The molecule has 142 valence electrons. The van der Waals surface area contributed by atoms with Crippen LogP contribution < -0.4 is 10.6 Å². The molecule has 0 aliphatic rings. The Morgan fingerprint density at radius 3 is 2.74 bits per heavy atom. The molecule has 0 bridgehead atoms. The van der Waals surface area contributed by atoms with E-state index in [0.717, 1.165) is 10.9 Å². The lowest BCUT2D eigenvalue weighted by atomic mass is 10.2. The molecule has 3 rings (SSSR count). The maximum atomic E-state index is 12.9. The van der Waals surface area contributed by atoms with Gasteiger partial charge in [-0.1, -0.05) is 6.07 Å². The molecule has 3 heterocycles. The fourth-order valence-corrected chi connectivity index (χ4v) is 3.25. The van der Waals surface area contributed by atoms with Gasteiger partial charge >= 0.3 is 6.18 Å². The van der Waals surface area contributed by atoms with E-state index >= 15 is 0 Å². The van der Waals surface area contributed by atoms with Crippen molar-refractivity contribution in [2.24, 2.45) is 0 Å². The van der Waals surface area contributed by atoms with Gasteiger partial charge in [-0.2, -0.15) is 13.2 Å². The number of alkyl halides is 3. The molecular formula is C18H17F3N4OS. The van der Waals surface area contributed by atoms with E-state index in [1.807, 2.05) is 28.3 Å². The Bertz CT molecular complexity index is 890. The van der Waals surface area contributed by atoms with Gasteiger partial charge in [0.1, 0.15) is 11.5 Å². The van der Waals surface area contributed by atoms with Crippen LogP contribution in [0.15, 0.2) is 54.2 Å². The van der Waals surface area contributed by atoms with Gasteiger partial charge in [0.2, 0.25) is 0 Å². The van der Waals surface area contributed by atoms with Crippen molar-refractivity contribution in [3.63, 3.8) is 0 Å². The molecule has 1 amide bonds. The van der Waals surface area contributed by atoms with Gasteiger partial charge in [0.15, 0.2) is 0 Å². The fourth-order valence-electron chi connectivity index (χ4n) is 2.55. The number of halogens is 3. The lowest BCUT2D eigenvalue weighted by molar-refractivity contribution is -0.137. The molecule has 27 heavy (non-hydrogen) atoms. The topological polar surface area (TPSA) is 59.0 Å². The molecule has 0 unspecified atom stereocenters. The average Bonchev–Trinajstić information content (AvgIpc) is 3.30. The molecule has 0 fully saturated rings. The van der Waals surface area contributed by atoms with E-state index in [9.17, 15) is 18.0 Å². The minimum Gasteiger partial charge on any atom is -0.368 e. The number of nitrogens with one attached hydrogen (secondary N) is 2. The van der Waals surface area contributed by atoms with Crippen LogP contribution in [0.1, 0.15) is 20.9 Å². The van der Waals surface area contributed by atoms with E-state index < -0.39 is 11.7 Å². The van der Waals surface area contributed by atoms with E-state index in [4.69, 9.17) is 0 Å². The van der Waals surface area contributed by atoms with Gasteiger partial charge in [-0.05, 0) is 35.7 Å². The van der Waals surface area contributed by atoms with Gasteiger partial charge in [0.05, 0.1) is 12.1 Å². The van der Waals surface area contributed by atoms with Crippen molar-refractivity contribution in [1.29, 1.82) is 0 Å². The van der Waals surface area contributed by atoms with Crippen LogP contribution in [0.25, 0.3) is 0 Å². The van der Waals surface area contributed by atoms with E-state index in [1.54, 1.807) is 23.5 Å². The Balaban J connectivity index is 1.53. The Kier molecular flexibility index (Phi) is 5.80. The molecule has 2 N–H and O–H groups in total. The summed E-state index contributed by atoms with van der Waals surface area (Å²) < 4.78 is 40.6. The van der Waals surface area contributed by atoms with Crippen LogP contribution >= 0.6 is 11.3 Å². The largest absolute Gasteiger partial charge is 0.419 e. The SMILES string of the molecule is O=C(NCCNc1ncccc1C(F)(F)F)c1cccn1Cc1cccs1. The number of carbonyl (C=O) groups is 1. The summed E-state index contributed by atoms with van der Waals surface area (Å²) in [5.74, 6) is -0.532. The summed E-state index contributed by atoms with van der Waals surface area (Å²) in [5.41, 5.74) is -0.335. The molecule has 3 aromatic rings. The van der Waals surface area contributed by atoms with Crippen LogP contribution in [-0.4, -0.2) is 28.5 Å². The quantitative estimate of drug-likeness (QED) is 0.599. The Hall–Kier alpha value is -2.81. The number of pyridine rings is 1. The second-order valence-corrected chi connectivity index (χ2v) is 6.71. The average molecular weight is 394 g/mol. The summed E-state index contributed by atoms with van der Waals surface area (Å²) >= 11 is 1.60. The maximum Gasteiger partial charge on any atom is 0.419 e. The van der Waals surface area contributed by atoms with Crippen molar-refractivity contribution >= 4 is 23.1 Å². The van der Waals surface area contributed by atoms with Crippen molar-refractivity contribution in [1.82, 2.24) is 14.9 Å². The molecule has 0 aromatic carbocycles. The predicted molar refractivity (Wildman–Crippen MR) is 97.9 cm³/mol. The lowest BCUT2D eigenvalue weighted by Gasteiger charge is -2.13. The summed E-state index contributed by atoms with van der Waals surface area (Å²) in [5, 5.41) is 7.30. The molecule has 0 aliphatic carbocycles. The molecule has 0 saturated heterocycles. The van der Waals surface area contributed by atoms with Crippen molar-refractivity contribution in [3.8, 4) is 0 Å². The molecule has 0 aliphatic heterocycles. The third kappa shape index (κ3) is 4.88. The zero-order valence-electron chi connectivity index (χ0n) is 14.2. The Labute approximate surface area is 157 Å². The number of carbonyl (C=O) groups excluding carboxylic acids is 1. The van der Waals surface area contributed by atoms with Crippen LogP contribution in [0.2, 0.25) is 0 Å². The van der Waals surface area contributed by atoms with Gasteiger partial charge in [-0.25, -0.2) is 4.98 Å². The van der Waals surface area contributed by atoms with Crippen molar-refractivity contribution in [2.75, 3.05) is 18.4 Å². The molecule has 3 aromatic heterocycles. The number of amides is 1. The second-order valence-electron chi connectivity index (χ2n) is 5.68. The predicted octanol–water partition coefficient (Wildman–Crippen LogP) is 3.85. The third-order valence-electron chi connectivity index (χ3n) is 3.78. The van der Waals surface area contributed by atoms with Gasteiger partial charge in [0, 0.05) is 30.4 Å². The number of thiophene rings is 1. The van der Waals surface area contributed by atoms with E-state index in [-0.39, 0.29) is 24.8 Å². The second kappa shape index (κ2) is 8.26. The summed E-state index contributed by atoms with van der Waals surface area (Å²) in [4.78, 5) is 17.2. The highest BCUT2D eigenvalue weighted by Gasteiger charge is 2.33. The highest BCUT2D eigenvalue weighted by molar-refractivity contribution is 7.09. The minimum atomic E-state index is -4.48. The van der Waals surface area contributed by atoms with Crippen LogP contribution in [0, 0.1) is 0 Å². The summed E-state index contributed by atoms with van der Waals surface area (Å²) in [6.07, 6.45) is -1.38. The summed E-state index contributed by atoms with van der Waals surface area (Å²) in [6, 6.07) is 9.62. The lowest BCUT2D eigenvalue weighted by Crippen LogP contribution is -2.30. The molecule has 5 nitrogen and oxygen atoms in total. The zero-order chi connectivity index (χ0) is 19.3. The minimum absolute atomic E-state index is 0.122. The first-order chi connectivity index (χ1) is 12.9. The standard InChI is InChI=1S/C18H17F3N4OS/c19-18(20,21)14-5-1-7-22-16(14)23-8-9-24-17(26)15-6-2-10-25(15)12-13-4-3-11-27-13/h1-7,10-11H,8-9,12H2,(H,22,23)(H,24,26). The van der Waals surface area contributed by atoms with Gasteiger partial charge in [-0.3, -0.25) is 4.79 Å². The first-order valence-electron chi connectivity index (χ1n) is 8.17. The van der Waals surface area contributed by atoms with E-state index in [0.29, 0.717) is 12.2 Å². The highest BCUT2D eigenvalue weighted by atomic mass is 32.1. The van der Waals surface area contributed by atoms with Crippen molar-refractivity contribution in [3.05, 3.63) is 70.3 Å². The number of nitrogens with zero attached hydrogens (tertiary/aromatic N) is 2. The van der Waals surface area contributed by atoms with Crippen LogP contribution in [0.5, 0.6) is 0 Å². The van der Waals surface area contributed by atoms with Crippen molar-refractivity contribution in [2.45, 2.75) is 12.7 Å². The maximum absolute atomic E-state index is 12.9. The Morgan fingerprint density at radius 1 is 1.15 bits per heavy atom. The first kappa shape index (κ1) is 19.0. The van der Waals surface area contributed by atoms with Gasteiger partial charge in [0.25, 0.3) is 5.91 Å². The number of anilines is 1. The van der Waals surface area contributed by atoms with Gasteiger partial charge < -0.3 is 15.2 Å². The first-order valence-corrected chi connectivity index (χ1v) is 9.05. The number of hydrogen-bond acceptors (Lipinski definition) is 4. The monoisotopic (exact) mass is 394 g/mol.